The first-order chi connectivity index (χ1) is 14.0. The van der Waals surface area contributed by atoms with Crippen molar-refractivity contribution in [3.8, 4) is 5.75 Å². The van der Waals surface area contributed by atoms with Gasteiger partial charge in [-0.25, -0.2) is 9.97 Å². The summed E-state index contributed by atoms with van der Waals surface area (Å²) in [4.78, 5) is 25.1. The largest absolute Gasteiger partial charge is 0.497 e. The molecule has 0 radical (unpaired) electrons. The van der Waals surface area contributed by atoms with Crippen LogP contribution in [0.5, 0.6) is 5.75 Å². The van der Waals surface area contributed by atoms with Crippen LogP contribution in [0.4, 0.5) is 0 Å². The molecule has 4 rings (SSSR count). The summed E-state index contributed by atoms with van der Waals surface area (Å²) in [6.07, 6.45) is 3.82. The molecule has 1 aliphatic heterocycles. The first-order valence-electron chi connectivity index (χ1n) is 9.88. The van der Waals surface area contributed by atoms with Gasteiger partial charge in [0.05, 0.1) is 23.9 Å². The van der Waals surface area contributed by atoms with Crippen molar-refractivity contribution in [2.24, 2.45) is 0 Å². The average Bonchev–Trinajstić information content (AvgIpc) is 3.41. The van der Waals surface area contributed by atoms with Gasteiger partial charge < -0.3 is 14.2 Å². The zero-order chi connectivity index (χ0) is 20.5. The molecule has 7 heteroatoms. The summed E-state index contributed by atoms with van der Waals surface area (Å²) < 4.78 is 7.48. The van der Waals surface area contributed by atoms with Gasteiger partial charge in [-0.2, -0.15) is 0 Å². The van der Waals surface area contributed by atoms with Gasteiger partial charge in [-0.3, -0.25) is 4.79 Å². The number of rotatable bonds is 5. The van der Waals surface area contributed by atoms with Crippen molar-refractivity contribution in [3.63, 3.8) is 0 Å². The number of ether oxygens (including phenoxy) is 1. The quantitative estimate of drug-likeness (QED) is 0.629. The number of carbonyl (C=O) groups is 1. The number of aromatic nitrogens is 3. The van der Waals surface area contributed by atoms with Crippen molar-refractivity contribution >= 4 is 17.2 Å². The Morgan fingerprint density at radius 2 is 2.00 bits per heavy atom. The monoisotopic (exact) mass is 410 g/mol. The van der Waals surface area contributed by atoms with Crippen LogP contribution < -0.4 is 4.74 Å². The topological polar surface area (TPSA) is 60.2 Å². The van der Waals surface area contributed by atoms with E-state index >= 15 is 0 Å². The minimum absolute atomic E-state index is 0.00347. The average molecular weight is 411 g/mol. The Kier molecular flexibility index (Phi) is 5.41. The predicted octanol–water partition coefficient (Wildman–Crippen LogP) is 4.30. The van der Waals surface area contributed by atoms with Gasteiger partial charge in [0.2, 0.25) is 0 Å². The van der Waals surface area contributed by atoms with Gasteiger partial charge in [-0.05, 0) is 51.3 Å². The molecule has 1 fully saturated rings. The van der Waals surface area contributed by atoms with Crippen molar-refractivity contribution in [2.75, 3.05) is 13.7 Å². The minimum atomic E-state index is -0.00347. The van der Waals surface area contributed by atoms with E-state index in [1.165, 1.54) is 16.9 Å². The maximum atomic E-state index is 13.3. The van der Waals surface area contributed by atoms with Crippen molar-refractivity contribution in [2.45, 2.75) is 46.2 Å². The van der Waals surface area contributed by atoms with E-state index in [-0.39, 0.29) is 11.9 Å². The molecule has 152 valence electrons. The number of hydrogen-bond donors (Lipinski definition) is 0. The second kappa shape index (κ2) is 7.99. The fourth-order valence-corrected chi connectivity index (χ4v) is 4.88. The highest BCUT2D eigenvalue weighted by Crippen LogP contribution is 2.34. The van der Waals surface area contributed by atoms with E-state index in [1.807, 2.05) is 37.1 Å². The molecule has 0 N–H and O–H groups in total. The van der Waals surface area contributed by atoms with Crippen LogP contribution in [0.15, 0.2) is 30.5 Å². The smallest absolute Gasteiger partial charge is 0.266 e. The molecule has 1 unspecified atom stereocenters. The highest BCUT2D eigenvalue weighted by molar-refractivity contribution is 7.13. The molecule has 1 atom stereocenters. The molecule has 2 aromatic heterocycles. The van der Waals surface area contributed by atoms with E-state index in [2.05, 4.69) is 28.6 Å². The molecule has 0 spiro atoms. The van der Waals surface area contributed by atoms with E-state index in [0.717, 1.165) is 58.8 Å². The number of methoxy groups -OCH3 is 1. The second-order valence-electron chi connectivity index (χ2n) is 7.50. The van der Waals surface area contributed by atoms with E-state index in [0.29, 0.717) is 0 Å². The summed E-state index contributed by atoms with van der Waals surface area (Å²) >= 11 is 1.48. The molecule has 1 aliphatic rings. The molecule has 1 saturated heterocycles. The Labute approximate surface area is 175 Å². The summed E-state index contributed by atoms with van der Waals surface area (Å²) in [5.74, 6) is 1.88. The Bertz CT molecular complexity index is 1020. The van der Waals surface area contributed by atoms with Crippen molar-refractivity contribution in [3.05, 3.63) is 63.1 Å². The zero-order valence-electron chi connectivity index (χ0n) is 17.3. The fourth-order valence-electron chi connectivity index (χ4n) is 4.00. The van der Waals surface area contributed by atoms with Gasteiger partial charge in [0.25, 0.3) is 5.91 Å². The highest BCUT2D eigenvalue weighted by Gasteiger charge is 2.35. The number of hydrogen-bond acceptors (Lipinski definition) is 5. The SMILES string of the molecule is COc1ccc(Cn2c(C)cnc2C2CCCN2C(=O)c2sc(C)nc2C)cc1. The van der Waals surface area contributed by atoms with Crippen LogP contribution in [0, 0.1) is 20.8 Å². The summed E-state index contributed by atoms with van der Waals surface area (Å²) in [5.41, 5.74) is 3.10. The predicted molar refractivity (Wildman–Crippen MR) is 114 cm³/mol. The van der Waals surface area contributed by atoms with Gasteiger partial charge in [-0.15, -0.1) is 11.3 Å². The second-order valence-corrected chi connectivity index (χ2v) is 8.70. The molecule has 0 aliphatic carbocycles. The van der Waals surface area contributed by atoms with Crippen LogP contribution in [0.2, 0.25) is 0 Å². The third kappa shape index (κ3) is 3.79. The van der Waals surface area contributed by atoms with Crippen LogP contribution in [0.1, 0.15) is 56.3 Å². The van der Waals surface area contributed by atoms with Crippen molar-refractivity contribution < 1.29 is 9.53 Å². The summed E-state index contributed by atoms with van der Waals surface area (Å²) in [7, 11) is 1.67. The summed E-state index contributed by atoms with van der Waals surface area (Å²) in [6.45, 7) is 7.41. The number of imidazole rings is 1. The number of carbonyl (C=O) groups excluding carboxylic acids is 1. The van der Waals surface area contributed by atoms with Crippen molar-refractivity contribution in [1.82, 2.24) is 19.4 Å². The molecule has 0 bridgehead atoms. The maximum absolute atomic E-state index is 13.3. The molecule has 1 amide bonds. The Hall–Kier alpha value is -2.67. The summed E-state index contributed by atoms with van der Waals surface area (Å²) in [6, 6.07) is 8.09. The number of aryl methyl sites for hydroxylation is 3. The van der Waals surface area contributed by atoms with Crippen molar-refractivity contribution in [1.29, 1.82) is 0 Å². The van der Waals surface area contributed by atoms with Crippen LogP contribution in [0.3, 0.4) is 0 Å². The van der Waals surface area contributed by atoms with Gasteiger partial charge in [0, 0.05) is 25.0 Å². The van der Waals surface area contributed by atoms with Gasteiger partial charge >= 0.3 is 0 Å². The van der Waals surface area contributed by atoms with Gasteiger partial charge in [0.15, 0.2) is 0 Å². The number of benzene rings is 1. The Balaban J connectivity index is 1.62. The Morgan fingerprint density at radius 3 is 2.66 bits per heavy atom. The van der Waals surface area contributed by atoms with Crippen LogP contribution >= 0.6 is 11.3 Å². The van der Waals surface area contributed by atoms with Gasteiger partial charge in [0.1, 0.15) is 16.5 Å². The van der Waals surface area contributed by atoms with Crippen LogP contribution in [-0.2, 0) is 6.54 Å². The molecule has 3 aromatic rings. The third-order valence-electron chi connectivity index (χ3n) is 5.50. The van der Waals surface area contributed by atoms with E-state index < -0.39 is 0 Å². The molecule has 6 nitrogen and oxygen atoms in total. The number of likely N-dealkylation sites (tertiary alicyclic amines) is 1. The number of thiazole rings is 1. The zero-order valence-corrected chi connectivity index (χ0v) is 18.1. The minimum Gasteiger partial charge on any atom is -0.497 e. The van der Waals surface area contributed by atoms with Crippen LogP contribution in [-0.4, -0.2) is 39.0 Å². The van der Waals surface area contributed by atoms with Gasteiger partial charge in [-0.1, -0.05) is 12.1 Å². The molecule has 3 heterocycles. The highest BCUT2D eigenvalue weighted by atomic mass is 32.1. The Morgan fingerprint density at radius 1 is 1.24 bits per heavy atom. The lowest BCUT2D eigenvalue weighted by molar-refractivity contribution is 0.0731. The molecular formula is C22H26N4O2S. The van der Waals surface area contributed by atoms with E-state index in [4.69, 9.17) is 9.72 Å². The molecular weight excluding hydrogens is 384 g/mol. The first-order valence-corrected chi connectivity index (χ1v) is 10.7. The molecule has 1 aromatic carbocycles. The number of amides is 1. The molecule has 0 saturated carbocycles. The van der Waals surface area contributed by atoms with E-state index in [1.54, 1.807) is 7.11 Å². The fraction of sp³-hybridized carbons (Fsp3) is 0.409. The first kappa shape index (κ1) is 19.6. The molecule has 29 heavy (non-hydrogen) atoms. The lowest BCUT2D eigenvalue weighted by Gasteiger charge is -2.25. The standard InChI is InChI=1S/C22H26N4O2S/c1-14-12-23-21(26(14)13-17-7-9-18(28-4)10-8-17)19-6-5-11-25(19)22(27)20-15(2)24-16(3)29-20/h7-10,12,19H,5-6,11,13H2,1-4H3. The number of nitrogens with zero attached hydrogens (tertiary/aromatic N) is 4. The lowest BCUT2D eigenvalue weighted by Crippen LogP contribution is -2.32. The third-order valence-corrected chi connectivity index (χ3v) is 6.56. The maximum Gasteiger partial charge on any atom is 0.266 e. The lowest BCUT2D eigenvalue weighted by atomic mass is 10.1. The normalized spacial score (nSPS) is 16.4. The van der Waals surface area contributed by atoms with Crippen LogP contribution in [0.25, 0.3) is 0 Å². The van der Waals surface area contributed by atoms with E-state index in [9.17, 15) is 4.79 Å². The summed E-state index contributed by atoms with van der Waals surface area (Å²) in [5, 5.41) is 0.929.